The van der Waals surface area contributed by atoms with Gasteiger partial charge in [-0.05, 0) is 36.5 Å². The third-order valence-corrected chi connectivity index (χ3v) is 4.32. The number of hydroxylamine groups is 2. The van der Waals surface area contributed by atoms with Crippen LogP contribution in [0.5, 0.6) is 0 Å². The van der Waals surface area contributed by atoms with Gasteiger partial charge in [-0.2, -0.15) is 0 Å². The molecular weight excluding hydrogens is 368 g/mol. The number of rotatable bonds is 11. The molecule has 0 aliphatic carbocycles. The van der Waals surface area contributed by atoms with Crippen molar-refractivity contribution >= 4 is 18.0 Å². The van der Waals surface area contributed by atoms with Gasteiger partial charge in [0.05, 0.1) is 7.11 Å². The molecule has 154 valence electrons. The summed E-state index contributed by atoms with van der Waals surface area (Å²) in [4.78, 5) is 29.8. The maximum Gasteiger partial charge on any atom is 0.322 e. The van der Waals surface area contributed by atoms with Gasteiger partial charge in [0.2, 0.25) is 0 Å². The summed E-state index contributed by atoms with van der Waals surface area (Å²) in [6, 6.07) is 18.6. The van der Waals surface area contributed by atoms with E-state index in [9.17, 15) is 9.59 Å². The molecule has 0 unspecified atom stereocenters. The summed E-state index contributed by atoms with van der Waals surface area (Å²) >= 11 is 0. The lowest BCUT2D eigenvalue weighted by Crippen LogP contribution is -2.33. The first-order chi connectivity index (χ1) is 14.1. The zero-order chi connectivity index (χ0) is 20.9. The number of methoxy groups -OCH3 is 1. The molecule has 0 aliphatic rings. The summed E-state index contributed by atoms with van der Waals surface area (Å²) in [7, 11) is 1.32. The molecular formula is C23H28N2O4. The Morgan fingerprint density at radius 2 is 1.69 bits per heavy atom. The molecule has 0 saturated heterocycles. The van der Waals surface area contributed by atoms with Gasteiger partial charge in [0, 0.05) is 12.6 Å². The standard InChI is InChI=1S/C23H28N2O4/c1-28-23(27)21(24)14-8-9-17-25(29-18-20-12-6-3-7-13-20)22(26)16-15-19-10-4-2-5-11-19/h2-7,10-13,15-16,21H,8-9,14,17-18,24H2,1H3/b16-15+/t21-/m0/s1. The van der Waals surface area contributed by atoms with Gasteiger partial charge in [-0.3, -0.25) is 14.4 Å². The predicted octanol–water partition coefficient (Wildman–Crippen LogP) is 3.33. The van der Waals surface area contributed by atoms with Crippen molar-refractivity contribution in [3.05, 3.63) is 77.9 Å². The van der Waals surface area contributed by atoms with Crippen LogP contribution >= 0.6 is 0 Å². The van der Waals surface area contributed by atoms with Crippen LogP contribution in [0.1, 0.15) is 30.4 Å². The lowest BCUT2D eigenvalue weighted by atomic mass is 10.1. The number of carbonyl (C=O) groups excluding carboxylic acids is 2. The van der Waals surface area contributed by atoms with Crippen LogP contribution < -0.4 is 5.73 Å². The highest BCUT2D eigenvalue weighted by Gasteiger charge is 2.15. The van der Waals surface area contributed by atoms with E-state index in [0.717, 1.165) is 11.1 Å². The minimum atomic E-state index is -0.646. The van der Waals surface area contributed by atoms with Gasteiger partial charge in [0.25, 0.3) is 5.91 Å². The highest BCUT2D eigenvalue weighted by molar-refractivity contribution is 5.91. The largest absolute Gasteiger partial charge is 0.468 e. The fourth-order valence-corrected chi connectivity index (χ4v) is 2.67. The number of esters is 1. The van der Waals surface area contributed by atoms with Crippen molar-refractivity contribution in [2.75, 3.05) is 13.7 Å². The molecule has 0 aliphatic heterocycles. The number of benzene rings is 2. The van der Waals surface area contributed by atoms with E-state index in [1.807, 2.05) is 60.7 Å². The Kier molecular flexibility index (Phi) is 9.62. The smallest absolute Gasteiger partial charge is 0.322 e. The van der Waals surface area contributed by atoms with Crippen LogP contribution in [0.15, 0.2) is 66.7 Å². The lowest BCUT2D eigenvalue weighted by Gasteiger charge is -2.21. The Labute approximate surface area is 171 Å². The minimum Gasteiger partial charge on any atom is -0.468 e. The summed E-state index contributed by atoms with van der Waals surface area (Å²) in [5.74, 6) is -0.661. The number of nitrogens with two attached hydrogens (primary N) is 1. The van der Waals surface area contributed by atoms with Crippen molar-refractivity contribution in [2.45, 2.75) is 31.9 Å². The fraction of sp³-hybridized carbons (Fsp3) is 0.304. The molecule has 1 amide bonds. The first-order valence-electron chi connectivity index (χ1n) is 9.65. The molecule has 0 saturated carbocycles. The van der Waals surface area contributed by atoms with Crippen LogP contribution in [0, 0.1) is 0 Å². The normalized spacial score (nSPS) is 11.9. The van der Waals surface area contributed by atoms with Crippen molar-refractivity contribution in [2.24, 2.45) is 5.73 Å². The number of carbonyl (C=O) groups is 2. The Bertz CT molecular complexity index is 778. The third kappa shape index (κ3) is 8.29. The second-order valence-corrected chi connectivity index (χ2v) is 6.57. The maximum absolute atomic E-state index is 12.6. The topological polar surface area (TPSA) is 81.9 Å². The lowest BCUT2D eigenvalue weighted by molar-refractivity contribution is -0.186. The van der Waals surface area contributed by atoms with Crippen LogP contribution in [-0.4, -0.2) is 36.6 Å². The van der Waals surface area contributed by atoms with Gasteiger partial charge in [0.15, 0.2) is 0 Å². The molecule has 6 heteroatoms. The summed E-state index contributed by atoms with van der Waals surface area (Å²) in [5.41, 5.74) is 7.67. The molecule has 2 rings (SSSR count). The average Bonchev–Trinajstić information content (AvgIpc) is 2.77. The third-order valence-electron chi connectivity index (χ3n) is 4.32. The first kappa shape index (κ1) is 22.3. The molecule has 0 fully saturated rings. The maximum atomic E-state index is 12.6. The van der Waals surface area contributed by atoms with E-state index < -0.39 is 12.0 Å². The SMILES string of the molecule is COC(=O)[C@@H](N)CCCCN(OCc1ccccc1)C(=O)/C=C/c1ccccc1. The Balaban J connectivity index is 1.92. The molecule has 29 heavy (non-hydrogen) atoms. The number of hydrogen-bond acceptors (Lipinski definition) is 5. The molecule has 2 N–H and O–H groups in total. The van der Waals surface area contributed by atoms with E-state index >= 15 is 0 Å². The van der Waals surface area contributed by atoms with Crippen molar-refractivity contribution in [1.29, 1.82) is 0 Å². The van der Waals surface area contributed by atoms with Crippen LogP contribution in [0.2, 0.25) is 0 Å². The fourth-order valence-electron chi connectivity index (χ4n) is 2.67. The van der Waals surface area contributed by atoms with Gasteiger partial charge < -0.3 is 10.5 Å². The van der Waals surface area contributed by atoms with Crippen molar-refractivity contribution in [3.63, 3.8) is 0 Å². The number of amides is 1. The van der Waals surface area contributed by atoms with Gasteiger partial charge in [0.1, 0.15) is 12.6 Å². The van der Waals surface area contributed by atoms with E-state index in [1.54, 1.807) is 6.08 Å². The molecule has 0 spiro atoms. The van der Waals surface area contributed by atoms with Crippen LogP contribution in [0.4, 0.5) is 0 Å². The first-order valence-corrected chi connectivity index (χ1v) is 9.65. The summed E-state index contributed by atoms with van der Waals surface area (Å²) < 4.78 is 4.63. The van der Waals surface area contributed by atoms with E-state index in [4.69, 9.17) is 10.6 Å². The van der Waals surface area contributed by atoms with E-state index in [2.05, 4.69) is 4.74 Å². The molecule has 2 aromatic rings. The van der Waals surface area contributed by atoms with E-state index in [0.29, 0.717) is 32.4 Å². The van der Waals surface area contributed by atoms with Crippen LogP contribution in [0.25, 0.3) is 6.08 Å². The number of ether oxygens (including phenoxy) is 1. The Morgan fingerprint density at radius 1 is 1.03 bits per heavy atom. The Hall–Kier alpha value is -2.96. The molecule has 2 aromatic carbocycles. The zero-order valence-electron chi connectivity index (χ0n) is 16.7. The molecule has 1 atom stereocenters. The second-order valence-electron chi connectivity index (χ2n) is 6.57. The van der Waals surface area contributed by atoms with Crippen molar-refractivity contribution < 1.29 is 19.2 Å². The van der Waals surface area contributed by atoms with Crippen molar-refractivity contribution in [3.8, 4) is 0 Å². The summed E-state index contributed by atoms with van der Waals surface area (Å²) in [6.45, 7) is 0.701. The average molecular weight is 396 g/mol. The van der Waals surface area contributed by atoms with Gasteiger partial charge in [-0.1, -0.05) is 60.7 Å². The van der Waals surface area contributed by atoms with Gasteiger partial charge in [-0.25, -0.2) is 5.06 Å². The van der Waals surface area contributed by atoms with E-state index in [1.165, 1.54) is 18.2 Å². The molecule has 0 radical (unpaired) electrons. The van der Waals surface area contributed by atoms with Gasteiger partial charge >= 0.3 is 5.97 Å². The zero-order valence-corrected chi connectivity index (χ0v) is 16.7. The van der Waals surface area contributed by atoms with E-state index in [-0.39, 0.29) is 5.91 Å². The van der Waals surface area contributed by atoms with Crippen LogP contribution in [0.3, 0.4) is 0 Å². The molecule has 6 nitrogen and oxygen atoms in total. The molecule has 0 aromatic heterocycles. The molecule has 0 bridgehead atoms. The monoisotopic (exact) mass is 396 g/mol. The summed E-state index contributed by atoms with van der Waals surface area (Å²) in [6.07, 6.45) is 5.09. The number of nitrogens with zero attached hydrogens (tertiary/aromatic N) is 1. The molecule has 0 heterocycles. The van der Waals surface area contributed by atoms with Gasteiger partial charge in [-0.15, -0.1) is 0 Å². The highest BCUT2D eigenvalue weighted by atomic mass is 16.7. The highest BCUT2D eigenvalue weighted by Crippen LogP contribution is 2.09. The quantitative estimate of drug-likeness (QED) is 0.273. The van der Waals surface area contributed by atoms with Crippen LogP contribution in [-0.2, 0) is 25.8 Å². The number of hydrogen-bond donors (Lipinski definition) is 1. The predicted molar refractivity (Wildman–Crippen MR) is 112 cm³/mol. The van der Waals surface area contributed by atoms with Crippen molar-refractivity contribution in [1.82, 2.24) is 5.06 Å². The minimum absolute atomic E-state index is 0.234. The second kappa shape index (κ2) is 12.5. The Morgan fingerprint density at radius 3 is 2.34 bits per heavy atom. The summed E-state index contributed by atoms with van der Waals surface area (Å²) in [5, 5.41) is 1.36. The number of unbranched alkanes of at least 4 members (excludes halogenated alkanes) is 1.